The minimum absolute atomic E-state index is 0.0666. The molecule has 4 heteroatoms. The molecule has 0 bridgehead atoms. The summed E-state index contributed by atoms with van der Waals surface area (Å²) in [5, 5.41) is 0.785. The van der Waals surface area contributed by atoms with E-state index >= 15 is 0 Å². The predicted octanol–water partition coefficient (Wildman–Crippen LogP) is 2.71. The maximum Gasteiger partial charge on any atom is 0.134 e. The van der Waals surface area contributed by atoms with Gasteiger partial charge in [0.15, 0.2) is 0 Å². The SMILES string of the molecule is CC(=O)Cc1cc(Cl)c(N)c(Cl)c1. The Bertz CT molecular complexity index is 326. The summed E-state index contributed by atoms with van der Waals surface area (Å²) < 4.78 is 0. The summed E-state index contributed by atoms with van der Waals surface area (Å²) in [5.41, 5.74) is 6.68. The fraction of sp³-hybridized carbons (Fsp3) is 0.222. The van der Waals surface area contributed by atoms with E-state index < -0.39 is 0 Å². The molecule has 2 nitrogen and oxygen atoms in total. The smallest absolute Gasteiger partial charge is 0.134 e. The molecule has 0 spiro atoms. The quantitative estimate of drug-likeness (QED) is 0.775. The highest BCUT2D eigenvalue weighted by Crippen LogP contribution is 2.28. The summed E-state index contributed by atoms with van der Waals surface area (Å²) in [4.78, 5) is 10.8. The fourth-order valence-corrected chi connectivity index (χ4v) is 1.56. The Balaban J connectivity index is 3.06. The van der Waals surface area contributed by atoms with Crippen LogP contribution >= 0.6 is 23.2 Å². The average Bonchev–Trinajstić information content (AvgIpc) is 1.98. The van der Waals surface area contributed by atoms with Crippen molar-refractivity contribution in [2.45, 2.75) is 13.3 Å². The first-order chi connectivity index (χ1) is 6.00. The van der Waals surface area contributed by atoms with Gasteiger partial charge in [0.05, 0.1) is 15.7 Å². The molecule has 0 saturated heterocycles. The summed E-state index contributed by atoms with van der Waals surface area (Å²) >= 11 is 11.6. The van der Waals surface area contributed by atoms with Gasteiger partial charge in [-0.2, -0.15) is 0 Å². The number of benzene rings is 1. The van der Waals surface area contributed by atoms with Crippen LogP contribution in [0, 0.1) is 0 Å². The van der Waals surface area contributed by atoms with Crippen LogP contribution in [0.25, 0.3) is 0 Å². The number of carbonyl (C=O) groups is 1. The van der Waals surface area contributed by atoms with Crippen molar-refractivity contribution < 1.29 is 4.79 Å². The van der Waals surface area contributed by atoms with Gasteiger partial charge >= 0.3 is 0 Å². The third kappa shape index (κ3) is 2.61. The Morgan fingerprint density at radius 2 is 1.85 bits per heavy atom. The van der Waals surface area contributed by atoms with E-state index in [4.69, 9.17) is 28.9 Å². The van der Waals surface area contributed by atoms with Crippen LogP contribution in [0.3, 0.4) is 0 Å². The second-order valence-corrected chi connectivity index (χ2v) is 3.67. The molecule has 0 fully saturated rings. The molecule has 0 unspecified atom stereocenters. The van der Waals surface area contributed by atoms with Crippen molar-refractivity contribution in [2.75, 3.05) is 5.73 Å². The molecule has 70 valence electrons. The molecule has 2 N–H and O–H groups in total. The van der Waals surface area contributed by atoms with Crippen LogP contribution < -0.4 is 5.73 Å². The summed E-state index contributed by atoms with van der Waals surface area (Å²) in [5.74, 6) is 0.0666. The molecular formula is C9H9Cl2NO. The zero-order valence-electron chi connectivity index (χ0n) is 7.10. The van der Waals surface area contributed by atoms with Crippen LogP contribution in [0.5, 0.6) is 0 Å². The standard InChI is InChI=1S/C9H9Cl2NO/c1-5(13)2-6-3-7(10)9(12)8(11)4-6/h3-4H,2,12H2,1H3. The highest BCUT2D eigenvalue weighted by Gasteiger charge is 2.05. The molecule has 1 rings (SSSR count). The number of halogens is 2. The molecule has 0 amide bonds. The Morgan fingerprint density at radius 1 is 1.38 bits per heavy atom. The Hall–Kier alpha value is -0.730. The van der Waals surface area contributed by atoms with Crippen LogP contribution in [0.1, 0.15) is 12.5 Å². The molecule has 0 saturated carbocycles. The Labute approximate surface area is 86.6 Å². The number of nitrogen functional groups attached to an aromatic ring is 1. The second-order valence-electron chi connectivity index (χ2n) is 2.85. The minimum Gasteiger partial charge on any atom is -0.396 e. The van der Waals surface area contributed by atoms with Gasteiger partial charge in [-0.3, -0.25) is 4.79 Å². The second kappa shape index (κ2) is 3.99. The van der Waals surface area contributed by atoms with Crippen molar-refractivity contribution >= 4 is 34.7 Å². The van der Waals surface area contributed by atoms with E-state index in [-0.39, 0.29) is 5.78 Å². The number of rotatable bonds is 2. The molecule has 0 heterocycles. The molecule has 1 aromatic rings. The number of hydrogen-bond donors (Lipinski definition) is 1. The lowest BCUT2D eigenvalue weighted by Crippen LogP contribution is -1.97. The first-order valence-electron chi connectivity index (χ1n) is 3.73. The van der Waals surface area contributed by atoms with Gasteiger partial charge in [-0.1, -0.05) is 23.2 Å². The first kappa shape index (κ1) is 10.4. The van der Waals surface area contributed by atoms with Crippen molar-refractivity contribution in [3.8, 4) is 0 Å². The highest BCUT2D eigenvalue weighted by atomic mass is 35.5. The van der Waals surface area contributed by atoms with Gasteiger partial charge in [0.25, 0.3) is 0 Å². The van der Waals surface area contributed by atoms with Crippen LogP contribution in [0.4, 0.5) is 5.69 Å². The van der Waals surface area contributed by atoms with Crippen LogP contribution in [0.15, 0.2) is 12.1 Å². The van der Waals surface area contributed by atoms with E-state index in [1.54, 1.807) is 12.1 Å². The first-order valence-corrected chi connectivity index (χ1v) is 4.49. The van der Waals surface area contributed by atoms with Gasteiger partial charge in [-0.05, 0) is 24.6 Å². The Morgan fingerprint density at radius 3 is 2.23 bits per heavy atom. The van der Waals surface area contributed by atoms with Crippen LogP contribution in [-0.2, 0) is 11.2 Å². The van der Waals surface area contributed by atoms with Crippen LogP contribution in [-0.4, -0.2) is 5.78 Å². The molecule has 1 aromatic carbocycles. The molecule has 0 aromatic heterocycles. The van der Waals surface area contributed by atoms with Crippen LogP contribution in [0.2, 0.25) is 10.0 Å². The van der Waals surface area contributed by atoms with Gasteiger partial charge in [0, 0.05) is 6.42 Å². The topological polar surface area (TPSA) is 43.1 Å². The summed E-state index contributed by atoms with van der Waals surface area (Å²) in [6.45, 7) is 1.51. The predicted molar refractivity (Wildman–Crippen MR) is 55.3 cm³/mol. The van der Waals surface area contributed by atoms with Crippen molar-refractivity contribution in [3.63, 3.8) is 0 Å². The lowest BCUT2D eigenvalue weighted by Gasteiger charge is -2.04. The van der Waals surface area contributed by atoms with Crippen molar-refractivity contribution in [1.82, 2.24) is 0 Å². The van der Waals surface area contributed by atoms with Crippen molar-refractivity contribution in [1.29, 1.82) is 0 Å². The molecule has 0 atom stereocenters. The Kier molecular flexibility index (Phi) is 3.17. The number of Topliss-reactive ketones (excluding diaryl/α,β-unsaturated/α-hetero) is 1. The highest BCUT2D eigenvalue weighted by molar-refractivity contribution is 6.38. The largest absolute Gasteiger partial charge is 0.396 e. The van der Waals surface area contributed by atoms with E-state index in [2.05, 4.69) is 0 Å². The number of carbonyl (C=O) groups excluding carboxylic acids is 1. The zero-order valence-corrected chi connectivity index (χ0v) is 8.62. The van der Waals surface area contributed by atoms with E-state index in [0.717, 1.165) is 5.56 Å². The normalized spacial score (nSPS) is 10.1. The summed E-state index contributed by atoms with van der Waals surface area (Å²) in [7, 11) is 0. The lowest BCUT2D eigenvalue weighted by atomic mass is 10.1. The van der Waals surface area contributed by atoms with Gasteiger partial charge in [0.1, 0.15) is 5.78 Å². The number of nitrogens with two attached hydrogens (primary N) is 1. The maximum absolute atomic E-state index is 10.8. The van der Waals surface area contributed by atoms with Gasteiger partial charge in [-0.15, -0.1) is 0 Å². The lowest BCUT2D eigenvalue weighted by molar-refractivity contribution is -0.116. The van der Waals surface area contributed by atoms with Crippen molar-refractivity contribution in [2.24, 2.45) is 0 Å². The minimum atomic E-state index is 0.0666. The summed E-state index contributed by atoms with van der Waals surface area (Å²) in [6, 6.07) is 3.31. The number of anilines is 1. The van der Waals surface area contributed by atoms with Gasteiger partial charge in [0.2, 0.25) is 0 Å². The van der Waals surface area contributed by atoms with Crippen molar-refractivity contribution in [3.05, 3.63) is 27.7 Å². The maximum atomic E-state index is 10.8. The van der Waals surface area contributed by atoms with E-state index in [9.17, 15) is 4.79 Å². The number of hydrogen-bond acceptors (Lipinski definition) is 2. The third-order valence-electron chi connectivity index (χ3n) is 1.59. The average molecular weight is 218 g/mol. The third-order valence-corrected chi connectivity index (χ3v) is 2.22. The van der Waals surface area contributed by atoms with E-state index in [1.807, 2.05) is 0 Å². The van der Waals surface area contributed by atoms with Gasteiger partial charge < -0.3 is 5.73 Å². The molecular weight excluding hydrogens is 209 g/mol. The van der Waals surface area contributed by atoms with E-state index in [0.29, 0.717) is 22.2 Å². The monoisotopic (exact) mass is 217 g/mol. The van der Waals surface area contributed by atoms with Gasteiger partial charge in [-0.25, -0.2) is 0 Å². The molecule has 0 aliphatic heterocycles. The number of ketones is 1. The zero-order chi connectivity index (χ0) is 10.0. The summed E-state index contributed by atoms with van der Waals surface area (Å²) in [6.07, 6.45) is 0.333. The molecule has 13 heavy (non-hydrogen) atoms. The molecule has 0 aliphatic rings. The fourth-order valence-electron chi connectivity index (χ4n) is 1.03. The molecule has 0 radical (unpaired) electrons. The van der Waals surface area contributed by atoms with E-state index in [1.165, 1.54) is 6.92 Å². The molecule has 0 aliphatic carbocycles.